The lowest BCUT2D eigenvalue weighted by Gasteiger charge is -2.24. The Morgan fingerprint density at radius 1 is 1.14 bits per heavy atom. The molecule has 1 atom stereocenters. The van der Waals surface area contributed by atoms with E-state index in [9.17, 15) is 9.59 Å². The monoisotopic (exact) mass is 526 g/mol. The summed E-state index contributed by atoms with van der Waals surface area (Å²) in [5.74, 6) is 1.71. The molecule has 3 aromatic rings. The molecule has 0 N–H and O–H groups in total. The lowest BCUT2D eigenvalue weighted by Crippen LogP contribution is -2.39. The molecule has 0 saturated carbocycles. The number of hydrogen-bond acceptors (Lipinski definition) is 9. The third kappa shape index (κ3) is 3.64. The molecule has 6 rings (SSSR count). The second-order valence-corrected chi connectivity index (χ2v) is 9.56. The van der Waals surface area contributed by atoms with Gasteiger partial charge in [0, 0.05) is 6.07 Å². The topological polar surface area (TPSA) is 97.6 Å². The fourth-order valence-electron chi connectivity index (χ4n) is 4.37. The summed E-state index contributed by atoms with van der Waals surface area (Å²) < 4.78 is 29.0. The lowest BCUT2D eigenvalue weighted by molar-refractivity contribution is -0.139. The molecule has 0 amide bonds. The van der Waals surface area contributed by atoms with Gasteiger partial charge in [0.1, 0.15) is 0 Å². The first-order valence-corrected chi connectivity index (χ1v) is 12.3. The number of halogens is 1. The molecule has 0 bridgehead atoms. The molecule has 11 heteroatoms. The van der Waals surface area contributed by atoms with E-state index in [1.165, 1.54) is 15.9 Å². The van der Waals surface area contributed by atoms with Gasteiger partial charge in [-0.1, -0.05) is 29.0 Å². The molecule has 3 aliphatic heterocycles. The number of nitrogens with zero attached hydrogens (tertiary/aromatic N) is 2. The number of fused-ring (bicyclic) bond motifs is 3. The number of thiazole rings is 1. The van der Waals surface area contributed by atoms with E-state index < -0.39 is 12.0 Å². The Kier molecular flexibility index (Phi) is 5.50. The molecule has 4 heterocycles. The fraction of sp³-hybridized carbons (Fsp3) is 0.240. The lowest BCUT2D eigenvalue weighted by atomic mass is 9.95. The van der Waals surface area contributed by atoms with E-state index in [-0.39, 0.29) is 31.3 Å². The van der Waals surface area contributed by atoms with E-state index in [4.69, 9.17) is 35.3 Å². The molecule has 0 saturated heterocycles. The quantitative estimate of drug-likeness (QED) is 0.482. The van der Waals surface area contributed by atoms with E-state index in [0.29, 0.717) is 54.2 Å². The van der Waals surface area contributed by atoms with Crippen LogP contribution < -0.4 is 33.8 Å². The van der Waals surface area contributed by atoms with Crippen molar-refractivity contribution in [2.24, 2.45) is 4.99 Å². The van der Waals surface area contributed by atoms with Gasteiger partial charge in [-0.3, -0.25) is 9.36 Å². The highest BCUT2D eigenvalue weighted by Gasteiger charge is 2.34. The zero-order valence-corrected chi connectivity index (χ0v) is 20.8. The number of benzene rings is 2. The highest BCUT2D eigenvalue weighted by atomic mass is 35.5. The van der Waals surface area contributed by atoms with Crippen LogP contribution in [0.4, 0.5) is 0 Å². The van der Waals surface area contributed by atoms with E-state index >= 15 is 0 Å². The van der Waals surface area contributed by atoms with Gasteiger partial charge in [-0.05, 0) is 49.2 Å². The molecule has 0 radical (unpaired) electrons. The molecule has 184 valence electrons. The van der Waals surface area contributed by atoms with Gasteiger partial charge in [0.25, 0.3) is 5.56 Å². The third-order valence-electron chi connectivity index (χ3n) is 6.01. The van der Waals surface area contributed by atoms with Crippen LogP contribution in [0.25, 0.3) is 6.08 Å². The number of hydrogen-bond donors (Lipinski definition) is 0. The number of aromatic nitrogens is 1. The van der Waals surface area contributed by atoms with Crippen molar-refractivity contribution in [2.75, 3.05) is 20.2 Å². The second kappa shape index (κ2) is 8.72. The minimum atomic E-state index is -0.760. The van der Waals surface area contributed by atoms with Crippen LogP contribution in [0.2, 0.25) is 5.02 Å². The molecule has 0 aliphatic carbocycles. The van der Waals surface area contributed by atoms with Crippen LogP contribution >= 0.6 is 22.9 Å². The molecular weight excluding hydrogens is 508 g/mol. The normalized spacial score (nSPS) is 17.8. The van der Waals surface area contributed by atoms with Gasteiger partial charge in [0.15, 0.2) is 27.8 Å². The molecular formula is C25H19ClN2O7S. The van der Waals surface area contributed by atoms with Crippen LogP contribution in [0.15, 0.2) is 51.4 Å². The van der Waals surface area contributed by atoms with Crippen molar-refractivity contribution in [1.29, 1.82) is 0 Å². The van der Waals surface area contributed by atoms with Gasteiger partial charge in [0.2, 0.25) is 13.6 Å². The zero-order valence-electron chi connectivity index (χ0n) is 19.2. The third-order valence-corrected chi connectivity index (χ3v) is 7.32. The maximum atomic E-state index is 13.8. The van der Waals surface area contributed by atoms with Crippen molar-refractivity contribution in [3.8, 4) is 23.0 Å². The predicted octanol–water partition coefficient (Wildman–Crippen LogP) is 2.91. The van der Waals surface area contributed by atoms with Gasteiger partial charge in [0.05, 0.1) is 33.5 Å². The predicted molar refractivity (Wildman–Crippen MR) is 131 cm³/mol. The Bertz CT molecular complexity index is 1640. The van der Waals surface area contributed by atoms with Crippen molar-refractivity contribution >= 4 is 35.0 Å². The molecule has 2 aromatic carbocycles. The van der Waals surface area contributed by atoms with Crippen LogP contribution in [0, 0.1) is 0 Å². The molecule has 1 unspecified atom stereocenters. The largest absolute Gasteiger partial charge is 0.463 e. The van der Waals surface area contributed by atoms with Crippen molar-refractivity contribution < 1.29 is 28.5 Å². The summed E-state index contributed by atoms with van der Waals surface area (Å²) in [4.78, 5) is 31.8. The van der Waals surface area contributed by atoms with Crippen LogP contribution in [-0.4, -0.2) is 30.7 Å². The van der Waals surface area contributed by atoms with Gasteiger partial charge in [-0.25, -0.2) is 9.79 Å². The summed E-state index contributed by atoms with van der Waals surface area (Å²) in [5.41, 5.74) is 1.72. The standard InChI is InChI=1S/C25H19ClN2O7S/c1-3-31-24(30)21-12(2)27-25-28(22(21)13-4-5-16-17(6-13)33-10-32-16)23(29)20(36-25)8-14-7-18-19(9-15(14)26)35-11-34-18/h4-9,22H,3,10-11H2,1-2H3. The first kappa shape index (κ1) is 22.7. The summed E-state index contributed by atoms with van der Waals surface area (Å²) in [6, 6.07) is 7.97. The number of ether oxygens (including phenoxy) is 5. The minimum Gasteiger partial charge on any atom is -0.463 e. The smallest absolute Gasteiger partial charge is 0.338 e. The van der Waals surface area contributed by atoms with Crippen LogP contribution in [0.3, 0.4) is 0 Å². The van der Waals surface area contributed by atoms with Gasteiger partial charge < -0.3 is 23.7 Å². The maximum Gasteiger partial charge on any atom is 0.338 e. The second-order valence-electron chi connectivity index (χ2n) is 8.14. The van der Waals surface area contributed by atoms with E-state index in [1.54, 1.807) is 44.2 Å². The van der Waals surface area contributed by atoms with Crippen molar-refractivity contribution in [3.63, 3.8) is 0 Å². The number of allylic oxidation sites excluding steroid dienone is 1. The molecule has 0 fully saturated rings. The average molecular weight is 527 g/mol. The van der Waals surface area contributed by atoms with Crippen molar-refractivity contribution in [1.82, 2.24) is 4.57 Å². The zero-order chi connectivity index (χ0) is 25.0. The summed E-state index contributed by atoms with van der Waals surface area (Å²) in [6.07, 6.45) is 1.69. The van der Waals surface area contributed by atoms with E-state index in [2.05, 4.69) is 4.99 Å². The SMILES string of the molecule is CCOC(=O)C1=C(C)N=c2sc(=Cc3cc4c(cc3Cl)OCO4)c(=O)n2C1c1ccc2c(c1)OCO2. The molecule has 1 aromatic heterocycles. The maximum absolute atomic E-state index is 13.8. The molecule has 3 aliphatic rings. The Morgan fingerprint density at radius 3 is 2.58 bits per heavy atom. The number of esters is 1. The van der Waals surface area contributed by atoms with E-state index in [1.807, 2.05) is 6.07 Å². The summed E-state index contributed by atoms with van der Waals surface area (Å²) >= 11 is 7.66. The van der Waals surface area contributed by atoms with Crippen molar-refractivity contribution in [3.05, 3.63) is 77.4 Å². The summed E-state index contributed by atoms with van der Waals surface area (Å²) in [5, 5.41) is 0.417. The average Bonchev–Trinajstić information content (AvgIpc) is 3.57. The summed E-state index contributed by atoms with van der Waals surface area (Å²) in [6.45, 7) is 3.88. The number of rotatable bonds is 4. The Balaban J connectivity index is 1.54. The number of carbonyl (C=O) groups excluding carboxylic acids is 1. The van der Waals surface area contributed by atoms with E-state index in [0.717, 1.165) is 0 Å². The molecule has 0 spiro atoms. The molecule has 36 heavy (non-hydrogen) atoms. The van der Waals surface area contributed by atoms with Gasteiger partial charge in [-0.2, -0.15) is 0 Å². The highest BCUT2D eigenvalue weighted by molar-refractivity contribution is 7.07. The van der Waals surface area contributed by atoms with Crippen molar-refractivity contribution in [2.45, 2.75) is 19.9 Å². The molecule has 9 nitrogen and oxygen atoms in total. The van der Waals surface area contributed by atoms with Gasteiger partial charge in [-0.15, -0.1) is 0 Å². The Hall–Kier alpha value is -3.76. The van der Waals surface area contributed by atoms with Gasteiger partial charge >= 0.3 is 5.97 Å². The summed E-state index contributed by atoms with van der Waals surface area (Å²) in [7, 11) is 0. The van der Waals surface area contributed by atoms with Crippen LogP contribution in [0.5, 0.6) is 23.0 Å². The fourth-order valence-corrected chi connectivity index (χ4v) is 5.62. The Morgan fingerprint density at radius 2 is 1.83 bits per heavy atom. The Labute approximate surface area is 213 Å². The first-order valence-electron chi connectivity index (χ1n) is 11.1. The van der Waals surface area contributed by atoms with Crippen LogP contribution in [-0.2, 0) is 9.53 Å². The first-order chi connectivity index (χ1) is 17.4. The van der Waals surface area contributed by atoms with Crippen LogP contribution in [0.1, 0.15) is 31.0 Å². The number of carbonyl (C=O) groups is 1. The minimum absolute atomic E-state index is 0.109. The highest BCUT2D eigenvalue weighted by Crippen LogP contribution is 2.39.